The van der Waals surface area contributed by atoms with Gasteiger partial charge in [0.15, 0.2) is 0 Å². The molecule has 0 saturated heterocycles. The van der Waals surface area contributed by atoms with E-state index >= 15 is 0 Å². The zero-order valence-corrected chi connectivity index (χ0v) is 18.6. The third kappa shape index (κ3) is 16.6. The lowest BCUT2D eigenvalue weighted by molar-refractivity contribution is 0.567. The molecule has 0 radical (unpaired) electrons. The van der Waals surface area contributed by atoms with E-state index in [0.29, 0.717) is 13.1 Å². The van der Waals surface area contributed by atoms with Crippen molar-refractivity contribution >= 4 is 0 Å². The minimum atomic E-state index is 0.703. The number of aromatic nitrogens is 1. The van der Waals surface area contributed by atoms with Crippen LogP contribution in [0.15, 0.2) is 18.2 Å². The molecule has 0 aliphatic carbocycles. The van der Waals surface area contributed by atoms with E-state index < -0.39 is 0 Å². The molecule has 10 N–H and O–H groups in total. The summed E-state index contributed by atoms with van der Waals surface area (Å²) in [6.07, 6.45) is 2.25. The van der Waals surface area contributed by atoms with Crippen LogP contribution in [0.4, 0.5) is 0 Å². The zero-order valence-electron chi connectivity index (χ0n) is 18.6. The van der Waals surface area contributed by atoms with E-state index in [2.05, 4.69) is 50.1 Å². The largest absolute Gasteiger partial charge is 0.329 e. The van der Waals surface area contributed by atoms with E-state index in [4.69, 9.17) is 16.5 Å². The number of hydrogen-bond donors (Lipinski definition) is 8. The Labute approximate surface area is 182 Å². The second-order valence-electron chi connectivity index (χ2n) is 7.26. The summed E-state index contributed by atoms with van der Waals surface area (Å²) < 4.78 is 0. The van der Waals surface area contributed by atoms with Gasteiger partial charge in [-0.2, -0.15) is 0 Å². The molecule has 0 atom stereocenters. The quantitative estimate of drug-likeness (QED) is 0.103. The van der Waals surface area contributed by atoms with Crippen molar-refractivity contribution in [2.45, 2.75) is 25.9 Å². The van der Waals surface area contributed by atoms with Crippen molar-refractivity contribution in [2.24, 2.45) is 11.5 Å². The van der Waals surface area contributed by atoms with E-state index in [-0.39, 0.29) is 0 Å². The Morgan fingerprint density at radius 1 is 0.533 bits per heavy atom. The molecule has 1 heterocycles. The van der Waals surface area contributed by atoms with E-state index in [1.54, 1.807) is 0 Å². The molecule has 1 aromatic rings. The van der Waals surface area contributed by atoms with E-state index in [1.807, 2.05) is 0 Å². The maximum absolute atomic E-state index is 5.44. The highest BCUT2D eigenvalue weighted by Crippen LogP contribution is 1.99. The first kappa shape index (κ1) is 26.9. The van der Waals surface area contributed by atoms with Gasteiger partial charge in [0.05, 0.1) is 11.4 Å². The first-order valence-electron chi connectivity index (χ1n) is 11.5. The Morgan fingerprint density at radius 3 is 1.37 bits per heavy atom. The number of pyridine rings is 1. The first-order chi connectivity index (χ1) is 14.9. The highest BCUT2D eigenvalue weighted by Gasteiger charge is 1.98. The smallest absolute Gasteiger partial charge is 0.0545 e. The molecule has 30 heavy (non-hydrogen) atoms. The van der Waals surface area contributed by atoms with Gasteiger partial charge in [-0.1, -0.05) is 6.07 Å². The van der Waals surface area contributed by atoms with Crippen LogP contribution in [0, 0.1) is 0 Å². The fourth-order valence-electron chi connectivity index (χ4n) is 2.89. The van der Waals surface area contributed by atoms with E-state index in [1.165, 1.54) is 0 Å². The maximum Gasteiger partial charge on any atom is 0.0545 e. The Bertz CT molecular complexity index is 448. The second-order valence-corrected chi connectivity index (χ2v) is 7.26. The molecular weight excluding hydrogens is 378 g/mol. The van der Waals surface area contributed by atoms with E-state index in [9.17, 15) is 0 Å². The van der Waals surface area contributed by atoms with Gasteiger partial charge in [-0.15, -0.1) is 0 Å². The summed E-state index contributed by atoms with van der Waals surface area (Å²) in [6, 6.07) is 6.24. The molecule has 0 aliphatic heterocycles. The van der Waals surface area contributed by atoms with Gasteiger partial charge in [0, 0.05) is 65.4 Å². The topological polar surface area (TPSA) is 137 Å². The Balaban J connectivity index is 1.97. The average Bonchev–Trinajstić information content (AvgIpc) is 2.76. The molecule has 1 aromatic heterocycles. The van der Waals surface area contributed by atoms with Crippen LogP contribution < -0.4 is 43.4 Å². The summed E-state index contributed by atoms with van der Waals surface area (Å²) in [7, 11) is 0. The number of nitrogens with two attached hydrogens (primary N) is 2. The first-order valence-corrected chi connectivity index (χ1v) is 11.5. The Kier molecular flexibility index (Phi) is 18.9. The van der Waals surface area contributed by atoms with Gasteiger partial charge in [-0.25, -0.2) is 0 Å². The second kappa shape index (κ2) is 21.1. The molecule has 0 spiro atoms. The molecule has 174 valence electrons. The molecule has 0 bridgehead atoms. The number of nitrogens with zero attached hydrogens (tertiary/aromatic N) is 1. The average molecular weight is 424 g/mol. The summed E-state index contributed by atoms with van der Waals surface area (Å²) >= 11 is 0. The number of hydrogen-bond acceptors (Lipinski definition) is 9. The lowest BCUT2D eigenvalue weighted by atomic mass is 10.3. The van der Waals surface area contributed by atoms with Crippen LogP contribution in [0.25, 0.3) is 0 Å². The number of nitrogens with one attached hydrogen (secondary N) is 6. The number of rotatable bonds is 22. The maximum atomic E-state index is 5.44. The third-order valence-electron chi connectivity index (χ3n) is 4.49. The molecule has 0 aromatic carbocycles. The van der Waals surface area contributed by atoms with Crippen LogP contribution in [0.1, 0.15) is 24.2 Å². The fourth-order valence-corrected chi connectivity index (χ4v) is 2.89. The SMILES string of the molecule is NCCNCCCNCCNCc1cccc(CNCCNCCCNCCN)n1. The van der Waals surface area contributed by atoms with Crippen LogP contribution in [-0.4, -0.2) is 83.5 Å². The lowest BCUT2D eigenvalue weighted by Crippen LogP contribution is -2.30. The van der Waals surface area contributed by atoms with Crippen LogP contribution in [0.2, 0.25) is 0 Å². The van der Waals surface area contributed by atoms with Gasteiger partial charge in [-0.3, -0.25) is 4.98 Å². The van der Waals surface area contributed by atoms with Gasteiger partial charge in [0.2, 0.25) is 0 Å². The Morgan fingerprint density at radius 2 is 0.933 bits per heavy atom. The molecule has 0 aliphatic rings. The predicted octanol–water partition coefficient (Wildman–Crippen LogP) is -1.68. The third-order valence-corrected chi connectivity index (χ3v) is 4.49. The van der Waals surface area contributed by atoms with Crippen LogP contribution in [0.5, 0.6) is 0 Å². The van der Waals surface area contributed by atoms with Gasteiger partial charge in [0.1, 0.15) is 0 Å². The van der Waals surface area contributed by atoms with Crippen LogP contribution in [0.3, 0.4) is 0 Å². The van der Waals surface area contributed by atoms with Crippen molar-refractivity contribution in [1.82, 2.24) is 36.9 Å². The van der Waals surface area contributed by atoms with E-state index in [0.717, 1.165) is 103 Å². The summed E-state index contributed by atoms with van der Waals surface area (Å²) in [4.78, 5) is 4.72. The molecule has 1 rings (SSSR count). The van der Waals surface area contributed by atoms with Crippen LogP contribution >= 0.6 is 0 Å². The molecule has 9 nitrogen and oxygen atoms in total. The molecule has 0 amide bonds. The fraction of sp³-hybridized carbons (Fsp3) is 0.762. The standard InChI is InChI=1S/C21H45N9/c22-6-12-24-8-2-10-26-14-16-28-18-20-4-1-5-21(30-20)19-29-17-15-27-11-3-9-25-13-7-23/h1,4-5,24-29H,2-3,6-19,22-23H2. The molecule has 0 fully saturated rings. The van der Waals surface area contributed by atoms with Crippen molar-refractivity contribution in [1.29, 1.82) is 0 Å². The molecular formula is C21H45N9. The van der Waals surface area contributed by atoms with Crippen molar-refractivity contribution in [3.63, 3.8) is 0 Å². The van der Waals surface area contributed by atoms with Gasteiger partial charge < -0.3 is 43.4 Å². The summed E-state index contributed by atoms with van der Waals surface area (Å²) in [5.41, 5.74) is 13.1. The van der Waals surface area contributed by atoms with Crippen molar-refractivity contribution in [3.05, 3.63) is 29.6 Å². The van der Waals surface area contributed by atoms with Crippen molar-refractivity contribution < 1.29 is 0 Å². The monoisotopic (exact) mass is 423 g/mol. The highest BCUT2D eigenvalue weighted by atomic mass is 15.0. The van der Waals surface area contributed by atoms with Crippen LogP contribution in [-0.2, 0) is 13.1 Å². The molecule has 9 heteroatoms. The summed E-state index contributed by atoms with van der Waals surface area (Å²) in [6.45, 7) is 12.7. The lowest BCUT2D eigenvalue weighted by Gasteiger charge is -2.09. The molecule has 0 unspecified atom stereocenters. The van der Waals surface area contributed by atoms with Crippen molar-refractivity contribution in [2.75, 3.05) is 78.5 Å². The minimum absolute atomic E-state index is 0.703. The zero-order chi connectivity index (χ0) is 21.5. The van der Waals surface area contributed by atoms with Crippen molar-refractivity contribution in [3.8, 4) is 0 Å². The molecule has 0 saturated carbocycles. The van der Waals surface area contributed by atoms with Gasteiger partial charge >= 0.3 is 0 Å². The minimum Gasteiger partial charge on any atom is -0.329 e. The Hall–Kier alpha value is -1.17. The summed E-state index contributed by atoms with van der Waals surface area (Å²) in [5, 5.41) is 20.4. The predicted molar refractivity (Wildman–Crippen MR) is 126 cm³/mol. The highest BCUT2D eigenvalue weighted by molar-refractivity contribution is 5.11. The normalized spacial score (nSPS) is 11.3. The summed E-state index contributed by atoms with van der Waals surface area (Å²) in [5.74, 6) is 0. The van der Waals surface area contributed by atoms with Gasteiger partial charge in [-0.05, 0) is 51.2 Å². The van der Waals surface area contributed by atoms with Gasteiger partial charge in [0.25, 0.3) is 0 Å².